The van der Waals surface area contributed by atoms with Gasteiger partial charge in [0, 0.05) is 19.2 Å². The minimum absolute atomic E-state index is 0. The molecule has 0 amide bonds. The van der Waals surface area contributed by atoms with Crippen molar-refractivity contribution in [3.63, 3.8) is 0 Å². The fourth-order valence-corrected chi connectivity index (χ4v) is 1.41. The first-order valence-electron chi connectivity index (χ1n) is 4.17. The highest BCUT2D eigenvalue weighted by Gasteiger charge is 2.10. The van der Waals surface area contributed by atoms with Crippen LogP contribution in [0.4, 0.5) is 5.69 Å². The lowest BCUT2D eigenvalue weighted by atomic mass is 10.3. The molecule has 2 rings (SSSR count). The molecule has 6 heteroatoms. The van der Waals surface area contributed by atoms with Crippen LogP contribution in [0.25, 0.3) is 11.0 Å². The quantitative estimate of drug-likeness (QED) is 0.572. The van der Waals surface area contributed by atoms with Crippen molar-refractivity contribution in [3.8, 4) is 0 Å². The molecule has 1 aromatic carbocycles. The lowest BCUT2D eigenvalue weighted by Crippen LogP contribution is -1.91. The number of hydrogen-bond donors (Lipinski definition) is 1. The fourth-order valence-electron chi connectivity index (χ4n) is 1.41. The molecule has 80 valence electrons. The Balaban J connectivity index is 0.00000112. The third-order valence-electron chi connectivity index (χ3n) is 2.30. The average molecular weight is 208 g/mol. The minimum atomic E-state index is -0.401. The molecule has 0 aliphatic carbocycles. The molecule has 15 heavy (non-hydrogen) atoms. The highest BCUT2D eigenvalue weighted by molar-refractivity contribution is 5.78. The molecule has 0 atom stereocenters. The van der Waals surface area contributed by atoms with E-state index in [4.69, 9.17) is 0 Å². The van der Waals surface area contributed by atoms with E-state index in [0.29, 0.717) is 0 Å². The third-order valence-corrected chi connectivity index (χ3v) is 2.30. The molecule has 0 bridgehead atoms. The van der Waals surface area contributed by atoms with Crippen LogP contribution < -0.4 is 6.15 Å². The van der Waals surface area contributed by atoms with Crippen molar-refractivity contribution in [1.82, 2.24) is 15.7 Å². The van der Waals surface area contributed by atoms with Crippen LogP contribution in [0.1, 0.15) is 5.82 Å². The van der Waals surface area contributed by atoms with E-state index < -0.39 is 4.92 Å². The maximum atomic E-state index is 10.5. The van der Waals surface area contributed by atoms with Gasteiger partial charge in [-0.2, -0.15) is 0 Å². The standard InChI is InChI=1S/C9H9N3O2.H3N/c1-6-10-8-4-3-7(12(13)14)5-9(8)11(6)2;/h3-5H,1-2H3;1H3. The molecular weight excluding hydrogens is 196 g/mol. The Hall–Kier alpha value is -1.95. The van der Waals surface area contributed by atoms with E-state index in [1.807, 2.05) is 18.5 Å². The molecule has 0 unspecified atom stereocenters. The van der Waals surface area contributed by atoms with Crippen LogP contribution in [0, 0.1) is 17.0 Å². The van der Waals surface area contributed by atoms with Gasteiger partial charge in [0.1, 0.15) is 5.82 Å². The number of aryl methyl sites for hydroxylation is 2. The molecule has 0 spiro atoms. The number of nitrogens with zero attached hydrogens (tertiary/aromatic N) is 3. The number of imidazole rings is 1. The van der Waals surface area contributed by atoms with Gasteiger partial charge in [-0.25, -0.2) is 4.98 Å². The molecule has 0 aliphatic rings. The summed E-state index contributed by atoms with van der Waals surface area (Å²) in [6, 6.07) is 4.67. The van der Waals surface area contributed by atoms with Crippen LogP contribution in [-0.2, 0) is 7.05 Å². The molecule has 2 aromatic rings. The Morgan fingerprint density at radius 2 is 2.13 bits per heavy atom. The van der Waals surface area contributed by atoms with Crippen LogP contribution >= 0.6 is 0 Å². The van der Waals surface area contributed by atoms with Crippen LogP contribution in [0.3, 0.4) is 0 Å². The zero-order valence-corrected chi connectivity index (χ0v) is 8.60. The number of aromatic nitrogens is 2. The number of benzene rings is 1. The van der Waals surface area contributed by atoms with Crippen molar-refractivity contribution in [2.45, 2.75) is 6.92 Å². The van der Waals surface area contributed by atoms with E-state index in [0.717, 1.165) is 16.9 Å². The first kappa shape index (κ1) is 11.1. The highest BCUT2D eigenvalue weighted by Crippen LogP contribution is 2.20. The summed E-state index contributed by atoms with van der Waals surface area (Å²) < 4.78 is 1.84. The summed E-state index contributed by atoms with van der Waals surface area (Å²) in [7, 11) is 1.84. The Morgan fingerprint density at radius 3 is 2.73 bits per heavy atom. The second-order valence-corrected chi connectivity index (χ2v) is 3.15. The number of fused-ring (bicyclic) bond motifs is 1. The Labute approximate surface area is 86.3 Å². The molecule has 0 radical (unpaired) electrons. The van der Waals surface area contributed by atoms with Crippen LogP contribution in [-0.4, -0.2) is 14.5 Å². The van der Waals surface area contributed by atoms with Crippen molar-refractivity contribution in [3.05, 3.63) is 34.1 Å². The highest BCUT2D eigenvalue weighted by atomic mass is 16.6. The summed E-state index contributed by atoms with van der Waals surface area (Å²) in [6.07, 6.45) is 0. The third kappa shape index (κ3) is 1.66. The van der Waals surface area contributed by atoms with E-state index in [9.17, 15) is 10.1 Å². The van der Waals surface area contributed by atoms with Gasteiger partial charge in [0.2, 0.25) is 0 Å². The first-order chi connectivity index (χ1) is 6.59. The van der Waals surface area contributed by atoms with E-state index >= 15 is 0 Å². The number of rotatable bonds is 1. The Bertz CT molecular complexity index is 518. The fraction of sp³-hybridized carbons (Fsp3) is 0.222. The number of hydrogen-bond acceptors (Lipinski definition) is 4. The number of nitro groups is 1. The summed E-state index contributed by atoms with van der Waals surface area (Å²) in [5.74, 6) is 0.848. The summed E-state index contributed by atoms with van der Waals surface area (Å²) in [6.45, 7) is 1.87. The molecule has 6 nitrogen and oxygen atoms in total. The van der Waals surface area contributed by atoms with E-state index in [1.54, 1.807) is 6.07 Å². The minimum Gasteiger partial charge on any atom is -0.344 e. The number of nitro benzene ring substituents is 1. The second kappa shape index (κ2) is 3.66. The summed E-state index contributed by atoms with van der Waals surface area (Å²) >= 11 is 0. The molecule has 0 aliphatic heterocycles. The molecule has 1 aromatic heterocycles. The van der Waals surface area contributed by atoms with Crippen molar-refractivity contribution in [2.24, 2.45) is 7.05 Å². The van der Waals surface area contributed by atoms with Gasteiger partial charge in [-0.05, 0) is 13.0 Å². The van der Waals surface area contributed by atoms with Crippen molar-refractivity contribution < 1.29 is 4.92 Å². The van der Waals surface area contributed by atoms with Gasteiger partial charge in [-0.3, -0.25) is 10.1 Å². The maximum Gasteiger partial charge on any atom is 0.271 e. The zero-order chi connectivity index (χ0) is 10.3. The summed E-state index contributed by atoms with van der Waals surface area (Å²) in [5.41, 5.74) is 1.67. The van der Waals surface area contributed by atoms with E-state index in [2.05, 4.69) is 4.98 Å². The Morgan fingerprint density at radius 1 is 1.47 bits per heavy atom. The summed E-state index contributed by atoms with van der Waals surface area (Å²) in [4.78, 5) is 14.4. The van der Waals surface area contributed by atoms with Gasteiger partial charge >= 0.3 is 0 Å². The van der Waals surface area contributed by atoms with Crippen LogP contribution in [0.15, 0.2) is 18.2 Å². The predicted molar refractivity (Wildman–Crippen MR) is 57.1 cm³/mol. The normalized spacial score (nSPS) is 10.0. The number of non-ortho nitro benzene ring substituents is 1. The maximum absolute atomic E-state index is 10.5. The topological polar surface area (TPSA) is 96.0 Å². The SMILES string of the molecule is Cc1nc2ccc([N+](=O)[O-])cc2n1C.N. The molecule has 0 saturated heterocycles. The lowest BCUT2D eigenvalue weighted by Gasteiger charge is -1.95. The lowest BCUT2D eigenvalue weighted by molar-refractivity contribution is -0.384. The van der Waals surface area contributed by atoms with Crippen molar-refractivity contribution in [2.75, 3.05) is 0 Å². The molecular formula is C9H12N4O2. The average Bonchev–Trinajstić information content (AvgIpc) is 2.43. The monoisotopic (exact) mass is 208 g/mol. The molecule has 1 heterocycles. The van der Waals surface area contributed by atoms with Gasteiger partial charge in [0.25, 0.3) is 5.69 Å². The van der Waals surface area contributed by atoms with E-state index in [1.165, 1.54) is 12.1 Å². The van der Waals surface area contributed by atoms with E-state index in [-0.39, 0.29) is 11.8 Å². The molecule has 0 saturated carbocycles. The predicted octanol–water partition coefficient (Wildman–Crippen LogP) is 1.95. The van der Waals surface area contributed by atoms with Gasteiger partial charge in [0.15, 0.2) is 0 Å². The largest absolute Gasteiger partial charge is 0.344 e. The smallest absolute Gasteiger partial charge is 0.271 e. The van der Waals surface area contributed by atoms with Gasteiger partial charge < -0.3 is 10.7 Å². The molecule has 0 fully saturated rings. The van der Waals surface area contributed by atoms with Crippen LogP contribution in [0.5, 0.6) is 0 Å². The van der Waals surface area contributed by atoms with Gasteiger partial charge in [-0.15, -0.1) is 0 Å². The Kier molecular flexibility index (Phi) is 2.71. The van der Waals surface area contributed by atoms with Crippen molar-refractivity contribution in [1.29, 1.82) is 0 Å². The van der Waals surface area contributed by atoms with Gasteiger partial charge in [-0.1, -0.05) is 0 Å². The second-order valence-electron chi connectivity index (χ2n) is 3.15. The van der Waals surface area contributed by atoms with Crippen molar-refractivity contribution >= 4 is 16.7 Å². The van der Waals surface area contributed by atoms with Gasteiger partial charge in [0.05, 0.1) is 16.0 Å². The van der Waals surface area contributed by atoms with Crippen LogP contribution in [0.2, 0.25) is 0 Å². The molecule has 3 N–H and O–H groups in total. The first-order valence-corrected chi connectivity index (χ1v) is 4.17. The summed E-state index contributed by atoms with van der Waals surface area (Å²) in [5, 5.41) is 10.5. The zero-order valence-electron chi connectivity index (χ0n) is 8.60.